The van der Waals surface area contributed by atoms with Crippen molar-refractivity contribution in [2.75, 3.05) is 13.1 Å². The fourth-order valence-electron chi connectivity index (χ4n) is 3.40. The van der Waals surface area contributed by atoms with E-state index in [4.69, 9.17) is 0 Å². The van der Waals surface area contributed by atoms with E-state index in [0.29, 0.717) is 13.0 Å². The van der Waals surface area contributed by atoms with Gasteiger partial charge < -0.3 is 9.88 Å². The molecule has 0 radical (unpaired) electrons. The van der Waals surface area contributed by atoms with Crippen LogP contribution in [0.5, 0.6) is 0 Å². The standard InChI is InChI=1S/C19H27N5O3S/c1-2-24-14-21-23-18(24)9-11-20-19(25)10-12-22-28(26,27)17-8-7-15-5-3-4-6-16(15)13-17/h7-8,13-14,22H,2-6,9-12H2,1H3,(H,20,25). The van der Waals surface area contributed by atoms with Gasteiger partial charge in [-0.2, -0.15) is 0 Å². The molecule has 9 heteroatoms. The lowest BCUT2D eigenvalue weighted by atomic mass is 9.92. The van der Waals surface area contributed by atoms with Crippen LogP contribution in [0.15, 0.2) is 29.4 Å². The Balaban J connectivity index is 1.44. The molecule has 0 saturated heterocycles. The maximum Gasteiger partial charge on any atom is 0.240 e. The van der Waals surface area contributed by atoms with E-state index in [2.05, 4.69) is 20.2 Å². The summed E-state index contributed by atoms with van der Waals surface area (Å²) in [5, 5.41) is 10.6. The molecule has 152 valence electrons. The first kappa shape index (κ1) is 20.5. The lowest BCUT2D eigenvalue weighted by molar-refractivity contribution is -0.120. The monoisotopic (exact) mass is 405 g/mol. The number of hydrogen-bond donors (Lipinski definition) is 2. The van der Waals surface area contributed by atoms with Crippen molar-refractivity contribution in [3.05, 3.63) is 41.5 Å². The van der Waals surface area contributed by atoms with E-state index in [0.717, 1.165) is 43.6 Å². The Morgan fingerprint density at radius 2 is 1.96 bits per heavy atom. The molecule has 28 heavy (non-hydrogen) atoms. The molecule has 0 bridgehead atoms. The molecule has 1 aliphatic rings. The lowest BCUT2D eigenvalue weighted by Gasteiger charge is -2.16. The highest BCUT2D eigenvalue weighted by Crippen LogP contribution is 2.23. The highest BCUT2D eigenvalue weighted by atomic mass is 32.2. The highest BCUT2D eigenvalue weighted by molar-refractivity contribution is 7.89. The number of carbonyl (C=O) groups excluding carboxylic acids is 1. The summed E-state index contributed by atoms with van der Waals surface area (Å²) in [5.41, 5.74) is 2.36. The first-order valence-corrected chi connectivity index (χ1v) is 11.2. The normalized spacial score (nSPS) is 13.9. The van der Waals surface area contributed by atoms with Crippen LogP contribution in [0.3, 0.4) is 0 Å². The number of amides is 1. The first-order chi connectivity index (χ1) is 13.5. The first-order valence-electron chi connectivity index (χ1n) is 9.74. The van der Waals surface area contributed by atoms with Gasteiger partial charge in [-0.3, -0.25) is 4.79 Å². The Labute approximate surface area is 165 Å². The molecule has 8 nitrogen and oxygen atoms in total. The topological polar surface area (TPSA) is 106 Å². The largest absolute Gasteiger partial charge is 0.356 e. The number of rotatable bonds is 9. The fourth-order valence-corrected chi connectivity index (χ4v) is 4.48. The van der Waals surface area contributed by atoms with Crippen molar-refractivity contribution < 1.29 is 13.2 Å². The summed E-state index contributed by atoms with van der Waals surface area (Å²) in [7, 11) is -3.61. The van der Waals surface area contributed by atoms with Crippen molar-refractivity contribution in [2.45, 2.75) is 56.9 Å². The molecule has 0 saturated carbocycles. The van der Waals surface area contributed by atoms with E-state index >= 15 is 0 Å². The van der Waals surface area contributed by atoms with Crippen LogP contribution in [0.1, 0.15) is 43.1 Å². The van der Waals surface area contributed by atoms with Gasteiger partial charge in [0.1, 0.15) is 12.2 Å². The lowest BCUT2D eigenvalue weighted by Crippen LogP contribution is -2.32. The molecule has 3 rings (SSSR count). The minimum absolute atomic E-state index is 0.0659. The minimum atomic E-state index is -3.61. The van der Waals surface area contributed by atoms with Crippen molar-refractivity contribution in [3.63, 3.8) is 0 Å². The van der Waals surface area contributed by atoms with Crippen LogP contribution < -0.4 is 10.0 Å². The molecule has 0 unspecified atom stereocenters. The molecule has 1 aromatic carbocycles. The number of carbonyl (C=O) groups is 1. The summed E-state index contributed by atoms with van der Waals surface area (Å²) in [6, 6.07) is 5.32. The van der Waals surface area contributed by atoms with Crippen molar-refractivity contribution in [3.8, 4) is 0 Å². The average molecular weight is 406 g/mol. The molecule has 2 aromatic rings. The van der Waals surface area contributed by atoms with E-state index in [1.165, 1.54) is 5.56 Å². The third-order valence-corrected chi connectivity index (χ3v) is 6.44. The molecule has 0 spiro atoms. The second kappa shape index (κ2) is 9.29. The van der Waals surface area contributed by atoms with Crippen LogP contribution in [0.2, 0.25) is 0 Å². The van der Waals surface area contributed by atoms with Crippen molar-refractivity contribution in [1.82, 2.24) is 24.8 Å². The average Bonchev–Trinajstić information content (AvgIpc) is 3.15. The van der Waals surface area contributed by atoms with Gasteiger partial charge in [0, 0.05) is 32.5 Å². The fraction of sp³-hybridized carbons (Fsp3) is 0.526. The molecule has 1 aliphatic carbocycles. The van der Waals surface area contributed by atoms with Gasteiger partial charge in [-0.25, -0.2) is 13.1 Å². The Bertz CT molecular complexity index is 923. The number of hydrogen-bond acceptors (Lipinski definition) is 5. The van der Waals surface area contributed by atoms with Gasteiger partial charge in [-0.15, -0.1) is 10.2 Å². The van der Waals surface area contributed by atoms with Gasteiger partial charge in [0.05, 0.1) is 4.90 Å². The summed E-state index contributed by atoms with van der Waals surface area (Å²) >= 11 is 0. The zero-order chi connectivity index (χ0) is 20.0. The molecule has 0 atom stereocenters. The summed E-state index contributed by atoms with van der Waals surface area (Å²) in [6.45, 7) is 3.28. The second-order valence-corrected chi connectivity index (χ2v) is 8.69. The van der Waals surface area contributed by atoms with Gasteiger partial charge in [-0.05, 0) is 55.9 Å². The van der Waals surface area contributed by atoms with Gasteiger partial charge in [0.25, 0.3) is 0 Å². The van der Waals surface area contributed by atoms with E-state index in [1.54, 1.807) is 18.5 Å². The highest BCUT2D eigenvalue weighted by Gasteiger charge is 2.17. The minimum Gasteiger partial charge on any atom is -0.356 e. The molecule has 1 amide bonds. The number of sulfonamides is 1. The predicted molar refractivity (Wildman–Crippen MR) is 105 cm³/mol. The molecular weight excluding hydrogens is 378 g/mol. The summed E-state index contributed by atoms with van der Waals surface area (Å²) in [6.07, 6.45) is 6.52. The van der Waals surface area contributed by atoms with Crippen LogP contribution in [0, 0.1) is 0 Å². The number of benzene rings is 1. The zero-order valence-electron chi connectivity index (χ0n) is 16.1. The Hall–Kier alpha value is -2.26. The van der Waals surface area contributed by atoms with Crippen molar-refractivity contribution >= 4 is 15.9 Å². The van der Waals surface area contributed by atoms with Gasteiger partial charge in [0.15, 0.2) is 0 Å². The van der Waals surface area contributed by atoms with Gasteiger partial charge in [-0.1, -0.05) is 6.07 Å². The second-order valence-electron chi connectivity index (χ2n) is 6.92. The number of aromatic nitrogens is 3. The summed E-state index contributed by atoms with van der Waals surface area (Å²) in [4.78, 5) is 12.2. The third-order valence-electron chi connectivity index (χ3n) is 4.98. The van der Waals surface area contributed by atoms with E-state index < -0.39 is 10.0 Å². The third kappa shape index (κ3) is 5.17. The van der Waals surface area contributed by atoms with Crippen LogP contribution in [-0.4, -0.2) is 42.2 Å². The molecular formula is C19H27N5O3S. The number of nitrogens with one attached hydrogen (secondary N) is 2. The number of nitrogens with zero attached hydrogens (tertiary/aromatic N) is 3. The number of fused-ring (bicyclic) bond motifs is 1. The van der Waals surface area contributed by atoms with E-state index in [1.807, 2.05) is 17.6 Å². The molecule has 0 fully saturated rings. The number of aryl methyl sites for hydroxylation is 3. The summed E-state index contributed by atoms with van der Waals surface area (Å²) < 4.78 is 29.4. The molecule has 1 heterocycles. The van der Waals surface area contributed by atoms with Crippen molar-refractivity contribution in [1.29, 1.82) is 0 Å². The Morgan fingerprint density at radius 3 is 2.75 bits per heavy atom. The van der Waals surface area contributed by atoms with Crippen LogP contribution in [-0.2, 0) is 40.6 Å². The quantitative estimate of drug-likeness (QED) is 0.652. The van der Waals surface area contributed by atoms with Crippen LogP contribution >= 0.6 is 0 Å². The Kier molecular flexibility index (Phi) is 6.79. The maximum absolute atomic E-state index is 12.5. The van der Waals surface area contributed by atoms with Gasteiger partial charge in [0.2, 0.25) is 15.9 Å². The van der Waals surface area contributed by atoms with Crippen molar-refractivity contribution in [2.24, 2.45) is 0 Å². The summed E-state index contributed by atoms with van der Waals surface area (Å²) in [5.74, 6) is 0.617. The predicted octanol–water partition coefficient (Wildman–Crippen LogP) is 1.20. The van der Waals surface area contributed by atoms with E-state index in [-0.39, 0.29) is 23.8 Å². The smallest absolute Gasteiger partial charge is 0.240 e. The Morgan fingerprint density at radius 1 is 1.18 bits per heavy atom. The zero-order valence-corrected chi connectivity index (χ0v) is 17.0. The maximum atomic E-state index is 12.5. The molecule has 0 aliphatic heterocycles. The van der Waals surface area contributed by atoms with Crippen LogP contribution in [0.25, 0.3) is 0 Å². The molecule has 1 aromatic heterocycles. The van der Waals surface area contributed by atoms with Gasteiger partial charge >= 0.3 is 0 Å². The van der Waals surface area contributed by atoms with E-state index in [9.17, 15) is 13.2 Å². The molecule has 2 N–H and O–H groups in total. The van der Waals surface area contributed by atoms with Crippen LogP contribution in [0.4, 0.5) is 0 Å². The SMILES string of the molecule is CCn1cnnc1CCNC(=O)CCNS(=O)(=O)c1ccc2c(c1)CCCC2.